The molecule has 6 heteroatoms. The largest absolute Gasteiger partial charge is 0.439 e. The number of hydrogen-bond acceptors (Lipinski definition) is 5. The molecule has 0 atom stereocenters. The lowest BCUT2D eigenvalue weighted by Crippen LogP contribution is -2.14. The number of oxime groups is 1. The zero-order chi connectivity index (χ0) is 14.5. The first-order valence-corrected chi connectivity index (χ1v) is 6.00. The van der Waals surface area contributed by atoms with Gasteiger partial charge in [0.15, 0.2) is 5.84 Å². The topological polar surface area (TPSA) is 84.0 Å². The van der Waals surface area contributed by atoms with Crippen LogP contribution in [0.25, 0.3) is 0 Å². The Morgan fingerprint density at radius 2 is 2.00 bits per heavy atom. The SMILES string of the molecule is CN(C)c1cccc(Oc2cccc(C(N)=NO)n2)c1. The van der Waals surface area contributed by atoms with Crippen LogP contribution in [0.5, 0.6) is 11.6 Å². The fourth-order valence-electron chi connectivity index (χ4n) is 1.61. The average molecular weight is 272 g/mol. The van der Waals surface area contributed by atoms with Crippen molar-refractivity contribution >= 4 is 11.5 Å². The van der Waals surface area contributed by atoms with Crippen molar-refractivity contribution in [1.82, 2.24) is 4.98 Å². The summed E-state index contributed by atoms with van der Waals surface area (Å²) in [5, 5.41) is 11.6. The van der Waals surface area contributed by atoms with E-state index in [0.717, 1.165) is 5.69 Å². The second kappa shape index (κ2) is 5.92. The van der Waals surface area contributed by atoms with E-state index in [0.29, 0.717) is 17.3 Å². The first-order valence-electron chi connectivity index (χ1n) is 6.00. The van der Waals surface area contributed by atoms with E-state index >= 15 is 0 Å². The van der Waals surface area contributed by atoms with E-state index in [1.807, 2.05) is 43.3 Å². The molecule has 1 heterocycles. The summed E-state index contributed by atoms with van der Waals surface area (Å²) in [5.74, 6) is 0.989. The molecule has 0 spiro atoms. The molecule has 1 aromatic heterocycles. The van der Waals surface area contributed by atoms with Crippen molar-refractivity contribution in [3.63, 3.8) is 0 Å². The van der Waals surface area contributed by atoms with Gasteiger partial charge in [-0.05, 0) is 18.2 Å². The molecule has 104 valence electrons. The zero-order valence-corrected chi connectivity index (χ0v) is 11.3. The van der Waals surface area contributed by atoms with Crippen LogP contribution in [0.1, 0.15) is 5.69 Å². The Morgan fingerprint density at radius 1 is 1.25 bits per heavy atom. The fourth-order valence-corrected chi connectivity index (χ4v) is 1.61. The summed E-state index contributed by atoms with van der Waals surface area (Å²) in [7, 11) is 3.91. The molecular weight excluding hydrogens is 256 g/mol. The normalized spacial score (nSPS) is 11.2. The minimum absolute atomic E-state index is 0.0579. The summed E-state index contributed by atoms with van der Waals surface area (Å²) < 4.78 is 5.67. The predicted octanol–water partition coefficient (Wildman–Crippen LogP) is 2.03. The van der Waals surface area contributed by atoms with E-state index in [1.165, 1.54) is 0 Å². The van der Waals surface area contributed by atoms with Gasteiger partial charge in [-0.1, -0.05) is 17.3 Å². The molecule has 0 bridgehead atoms. The average Bonchev–Trinajstić information content (AvgIpc) is 2.47. The van der Waals surface area contributed by atoms with E-state index in [9.17, 15) is 0 Å². The van der Waals surface area contributed by atoms with Gasteiger partial charge in [-0.25, -0.2) is 4.98 Å². The first kappa shape index (κ1) is 13.7. The highest BCUT2D eigenvalue weighted by atomic mass is 16.5. The van der Waals surface area contributed by atoms with Crippen LogP contribution in [0.2, 0.25) is 0 Å². The van der Waals surface area contributed by atoms with Gasteiger partial charge in [-0.3, -0.25) is 0 Å². The highest BCUT2D eigenvalue weighted by Crippen LogP contribution is 2.24. The Bertz CT molecular complexity index is 626. The van der Waals surface area contributed by atoms with Gasteiger partial charge in [0.2, 0.25) is 5.88 Å². The molecular formula is C14H16N4O2. The summed E-state index contributed by atoms with van der Waals surface area (Å²) in [6.07, 6.45) is 0. The van der Waals surface area contributed by atoms with Crippen molar-refractivity contribution in [1.29, 1.82) is 0 Å². The minimum Gasteiger partial charge on any atom is -0.439 e. The van der Waals surface area contributed by atoms with Crippen LogP contribution in [0, 0.1) is 0 Å². The van der Waals surface area contributed by atoms with Gasteiger partial charge in [0.25, 0.3) is 0 Å². The van der Waals surface area contributed by atoms with Crippen molar-refractivity contribution < 1.29 is 9.94 Å². The van der Waals surface area contributed by atoms with Crippen LogP contribution in [-0.4, -0.2) is 30.1 Å². The Hall–Kier alpha value is -2.76. The quantitative estimate of drug-likeness (QED) is 0.385. The molecule has 0 saturated heterocycles. The Labute approximate surface area is 117 Å². The van der Waals surface area contributed by atoms with Gasteiger partial charge in [0, 0.05) is 31.9 Å². The summed E-state index contributed by atoms with van der Waals surface area (Å²) in [5.41, 5.74) is 6.87. The molecule has 2 rings (SSSR count). The minimum atomic E-state index is -0.0579. The Kier molecular flexibility index (Phi) is 4.05. The third-order valence-corrected chi connectivity index (χ3v) is 2.65. The molecule has 6 nitrogen and oxygen atoms in total. The smallest absolute Gasteiger partial charge is 0.219 e. The number of hydrogen-bond donors (Lipinski definition) is 2. The van der Waals surface area contributed by atoms with E-state index in [-0.39, 0.29) is 5.84 Å². The number of aromatic nitrogens is 1. The number of nitrogens with zero attached hydrogens (tertiary/aromatic N) is 3. The Balaban J connectivity index is 2.24. The summed E-state index contributed by atoms with van der Waals surface area (Å²) in [6, 6.07) is 12.7. The molecule has 0 unspecified atom stereocenters. The number of nitrogens with two attached hydrogens (primary N) is 1. The number of rotatable bonds is 4. The molecule has 0 radical (unpaired) electrons. The molecule has 0 saturated carbocycles. The summed E-state index contributed by atoms with van der Waals surface area (Å²) in [4.78, 5) is 6.14. The Morgan fingerprint density at radius 3 is 2.70 bits per heavy atom. The van der Waals surface area contributed by atoms with Crippen LogP contribution in [0.15, 0.2) is 47.6 Å². The van der Waals surface area contributed by atoms with Crippen LogP contribution >= 0.6 is 0 Å². The molecule has 0 amide bonds. The zero-order valence-electron chi connectivity index (χ0n) is 11.3. The van der Waals surface area contributed by atoms with E-state index in [4.69, 9.17) is 15.7 Å². The number of pyridine rings is 1. The summed E-state index contributed by atoms with van der Waals surface area (Å²) in [6.45, 7) is 0. The maximum atomic E-state index is 8.64. The van der Waals surface area contributed by atoms with Gasteiger partial charge in [0.05, 0.1) is 0 Å². The molecule has 0 aliphatic carbocycles. The van der Waals surface area contributed by atoms with Crippen LogP contribution in [0.4, 0.5) is 5.69 Å². The van der Waals surface area contributed by atoms with Gasteiger partial charge >= 0.3 is 0 Å². The maximum absolute atomic E-state index is 8.64. The van der Waals surface area contributed by atoms with Crippen molar-refractivity contribution in [3.8, 4) is 11.6 Å². The van der Waals surface area contributed by atoms with Crippen LogP contribution in [-0.2, 0) is 0 Å². The van der Waals surface area contributed by atoms with Gasteiger partial charge in [-0.2, -0.15) is 0 Å². The molecule has 1 aromatic carbocycles. The fraction of sp³-hybridized carbons (Fsp3) is 0.143. The second-order valence-corrected chi connectivity index (χ2v) is 4.34. The third-order valence-electron chi connectivity index (χ3n) is 2.65. The molecule has 0 aliphatic rings. The van der Waals surface area contributed by atoms with E-state index in [1.54, 1.807) is 18.2 Å². The van der Waals surface area contributed by atoms with Gasteiger partial charge < -0.3 is 20.6 Å². The van der Waals surface area contributed by atoms with Crippen molar-refractivity contribution in [2.24, 2.45) is 10.9 Å². The molecule has 0 fully saturated rings. The molecule has 0 aliphatic heterocycles. The van der Waals surface area contributed by atoms with Crippen molar-refractivity contribution in [2.75, 3.05) is 19.0 Å². The number of ether oxygens (including phenoxy) is 1. The first-order chi connectivity index (χ1) is 9.60. The van der Waals surface area contributed by atoms with Gasteiger partial charge in [-0.15, -0.1) is 0 Å². The van der Waals surface area contributed by atoms with E-state index in [2.05, 4.69) is 10.1 Å². The van der Waals surface area contributed by atoms with Crippen molar-refractivity contribution in [2.45, 2.75) is 0 Å². The lowest BCUT2D eigenvalue weighted by molar-refractivity contribution is 0.318. The number of amidine groups is 1. The lowest BCUT2D eigenvalue weighted by atomic mass is 10.3. The highest BCUT2D eigenvalue weighted by molar-refractivity contribution is 5.95. The van der Waals surface area contributed by atoms with Gasteiger partial charge in [0.1, 0.15) is 11.4 Å². The third kappa shape index (κ3) is 3.17. The number of anilines is 1. The second-order valence-electron chi connectivity index (χ2n) is 4.34. The predicted molar refractivity (Wildman–Crippen MR) is 77.6 cm³/mol. The van der Waals surface area contributed by atoms with Crippen LogP contribution in [0.3, 0.4) is 0 Å². The monoisotopic (exact) mass is 272 g/mol. The standard InChI is InChI=1S/C14H16N4O2/c1-18(2)10-5-3-6-11(9-10)20-13-8-4-7-12(16-13)14(15)17-19/h3-9,19H,1-2H3,(H2,15,17). The number of benzene rings is 1. The lowest BCUT2D eigenvalue weighted by Gasteiger charge is -2.13. The van der Waals surface area contributed by atoms with Crippen molar-refractivity contribution in [3.05, 3.63) is 48.2 Å². The van der Waals surface area contributed by atoms with Crippen LogP contribution < -0.4 is 15.4 Å². The summed E-state index contributed by atoms with van der Waals surface area (Å²) >= 11 is 0. The molecule has 20 heavy (non-hydrogen) atoms. The van der Waals surface area contributed by atoms with E-state index < -0.39 is 0 Å². The highest BCUT2D eigenvalue weighted by Gasteiger charge is 2.05. The molecule has 2 aromatic rings. The maximum Gasteiger partial charge on any atom is 0.219 e. The molecule has 3 N–H and O–H groups in total.